The Morgan fingerprint density at radius 2 is 1.84 bits per heavy atom. The zero-order chi connectivity index (χ0) is 22.9. The summed E-state index contributed by atoms with van der Waals surface area (Å²) in [5.74, 6) is -2.12. The van der Waals surface area contributed by atoms with Crippen LogP contribution in [0, 0.1) is 11.7 Å². The lowest BCUT2D eigenvalue weighted by atomic mass is 9.52. The first-order valence-corrected chi connectivity index (χ1v) is 11.0. The van der Waals surface area contributed by atoms with E-state index >= 15 is 0 Å². The summed E-state index contributed by atoms with van der Waals surface area (Å²) in [5.41, 5.74) is 3.26. The van der Waals surface area contributed by atoms with Gasteiger partial charge in [-0.15, -0.1) is 0 Å². The summed E-state index contributed by atoms with van der Waals surface area (Å²) in [6, 6.07) is 13.8. The van der Waals surface area contributed by atoms with Crippen LogP contribution >= 0.6 is 0 Å². The fourth-order valence-corrected chi connectivity index (χ4v) is 5.89. The van der Waals surface area contributed by atoms with Gasteiger partial charge in [0.1, 0.15) is 5.75 Å². The molecule has 0 aromatic heterocycles. The number of likely N-dealkylation sites (tertiary alicyclic amines) is 1. The summed E-state index contributed by atoms with van der Waals surface area (Å²) in [6.07, 6.45) is 7.69. The standard InChI is InChI=1S/C23H26FNO.C2H2O4/c1-25-13-12-23-11-5-4-6-18(23)21(25)14-16-9-10-17(15-19(16)23)26-22-8-3-2-7-20(22)24;3-1(4)2(5)6/h2-3,7-10,15,18,21H,4-6,11-14H2,1H3;(H,3,4)(H,5,6)/t18-,21+,23+;/m0./s1. The highest BCUT2D eigenvalue weighted by Crippen LogP contribution is 2.56. The number of rotatable bonds is 2. The minimum absolute atomic E-state index is 0.303. The molecular weight excluding hydrogens is 413 g/mol. The Hall–Kier alpha value is -2.93. The van der Waals surface area contributed by atoms with Crippen molar-refractivity contribution in [3.8, 4) is 11.5 Å². The van der Waals surface area contributed by atoms with E-state index in [1.54, 1.807) is 12.1 Å². The van der Waals surface area contributed by atoms with Crippen LogP contribution in [-0.4, -0.2) is 46.7 Å². The van der Waals surface area contributed by atoms with Crippen molar-refractivity contribution >= 4 is 11.9 Å². The van der Waals surface area contributed by atoms with Gasteiger partial charge < -0.3 is 19.8 Å². The van der Waals surface area contributed by atoms with Crippen molar-refractivity contribution in [2.45, 2.75) is 50.0 Å². The highest BCUT2D eigenvalue weighted by molar-refractivity contribution is 6.27. The van der Waals surface area contributed by atoms with E-state index in [-0.39, 0.29) is 5.82 Å². The van der Waals surface area contributed by atoms with Gasteiger partial charge in [-0.2, -0.15) is 0 Å². The van der Waals surface area contributed by atoms with Crippen LogP contribution in [0.1, 0.15) is 43.2 Å². The van der Waals surface area contributed by atoms with Gasteiger partial charge in [0, 0.05) is 11.5 Å². The van der Waals surface area contributed by atoms with E-state index in [0.29, 0.717) is 17.2 Å². The van der Waals surface area contributed by atoms with Crippen molar-refractivity contribution in [2.24, 2.45) is 5.92 Å². The molecule has 1 saturated carbocycles. The first-order valence-electron chi connectivity index (χ1n) is 11.0. The van der Waals surface area contributed by atoms with Gasteiger partial charge in [-0.3, -0.25) is 0 Å². The number of nitrogens with zero attached hydrogens (tertiary/aromatic N) is 1. The van der Waals surface area contributed by atoms with Crippen LogP contribution in [-0.2, 0) is 21.4 Å². The van der Waals surface area contributed by atoms with Gasteiger partial charge in [-0.1, -0.05) is 31.0 Å². The number of carboxylic acids is 2. The lowest BCUT2D eigenvalue weighted by Gasteiger charge is -2.58. The summed E-state index contributed by atoms with van der Waals surface area (Å²) in [4.78, 5) is 20.8. The van der Waals surface area contributed by atoms with Gasteiger partial charge in [-0.05, 0) is 80.6 Å². The second-order valence-electron chi connectivity index (χ2n) is 8.97. The third-order valence-corrected chi connectivity index (χ3v) is 7.33. The molecule has 1 aliphatic heterocycles. The molecule has 2 fully saturated rings. The van der Waals surface area contributed by atoms with Crippen molar-refractivity contribution in [1.82, 2.24) is 4.90 Å². The Morgan fingerprint density at radius 3 is 2.56 bits per heavy atom. The zero-order valence-corrected chi connectivity index (χ0v) is 18.1. The molecule has 32 heavy (non-hydrogen) atoms. The molecule has 170 valence electrons. The second kappa shape index (κ2) is 8.90. The van der Waals surface area contributed by atoms with E-state index in [9.17, 15) is 4.39 Å². The lowest BCUT2D eigenvalue weighted by molar-refractivity contribution is -0.159. The maximum Gasteiger partial charge on any atom is 0.414 e. The van der Waals surface area contributed by atoms with Gasteiger partial charge >= 0.3 is 11.9 Å². The van der Waals surface area contributed by atoms with Crippen LogP contribution in [0.3, 0.4) is 0 Å². The van der Waals surface area contributed by atoms with Crippen LogP contribution in [0.5, 0.6) is 11.5 Å². The smallest absolute Gasteiger partial charge is 0.414 e. The number of ether oxygens (including phenoxy) is 1. The molecule has 2 aromatic rings. The van der Waals surface area contributed by atoms with Crippen molar-refractivity contribution in [2.75, 3.05) is 13.6 Å². The van der Waals surface area contributed by atoms with Gasteiger partial charge in [0.2, 0.25) is 0 Å². The predicted octanol–water partition coefficient (Wildman–Crippen LogP) is 4.46. The molecule has 0 amide bonds. The van der Waals surface area contributed by atoms with Crippen LogP contribution in [0.15, 0.2) is 42.5 Å². The molecule has 2 bridgehead atoms. The average molecular weight is 441 g/mol. The quantitative estimate of drug-likeness (QED) is 0.669. The lowest BCUT2D eigenvalue weighted by Crippen LogP contribution is -2.59. The van der Waals surface area contributed by atoms with Crippen molar-refractivity contribution in [1.29, 1.82) is 0 Å². The Labute approximate surface area is 186 Å². The van der Waals surface area contributed by atoms with Crippen molar-refractivity contribution < 1.29 is 28.9 Å². The largest absolute Gasteiger partial charge is 0.473 e. The van der Waals surface area contributed by atoms with E-state index in [1.165, 1.54) is 55.8 Å². The molecule has 2 aliphatic carbocycles. The van der Waals surface area contributed by atoms with Crippen LogP contribution in [0.4, 0.5) is 4.39 Å². The number of para-hydroxylation sites is 1. The molecule has 1 saturated heterocycles. The van der Waals surface area contributed by atoms with E-state index < -0.39 is 11.9 Å². The number of aliphatic carboxylic acids is 2. The highest BCUT2D eigenvalue weighted by Gasteiger charge is 2.53. The van der Waals surface area contributed by atoms with Gasteiger partial charge in [0.25, 0.3) is 0 Å². The van der Waals surface area contributed by atoms with Crippen LogP contribution < -0.4 is 4.74 Å². The molecule has 2 N–H and O–H groups in total. The SMILES string of the molecule is CN1CC[C@]23CCCC[C@H]2[C@H]1Cc1ccc(Oc2ccccc2F)cc13.O=C(O)C(=O)O. The van der Waals surface area contributed by atoms with Gasteiger partial charge in [0.15, 0.2) is 11.6 Å². The average Bonchev–Trinajstić information content (AvgIpc) is 2.78. The number of piperidine rings is 1. The molecule has 0 unspecified atom stereocenters. The van der Waals surface area contributed by atoms with Crippen LogP contribution in [0.25, 0.3) is 0 Å². The Morgan fingerprint density at radius 1 is 1.09 bits per heavy atom. The fourth-order valence-electron chi connectivity index (χ4n) is 5.89. The highest BCUT2D eigenvalue weighted by atomic mass is 19.1. The number of benzene rings is 2. The number of hydrogen-bond donors (Lipinski definition) is 2. The number of hydrogen-bond acceptors (Lipinski definition) is 4. The van der Waals surface area contributed by atoms with Crippen LogP contribution in [0.2, 0.25) is 0 Å². The molecule has 6 nitrogen and oxygen atoms in total. The fraction of sp³-hybridized carbons (Fsp3) is 0.440. The van der Waals surface area contributed by atoms with Gasteiger partial charge in [0.05, 0.1) is 0 Å². The third kappa shape index (κ3) is 4.09. The third-order valence-electron chi connectivity index (χ3n) is 7.33. The van der Waals surface area contributed by atoms with E-state index in [4.69, 9.17) is 24.5 Å². The summed E-state index contributed by atoms with van der Waals surface area (Å²) >= 11 is 0. The molecule has 1 heterocycles. The maximum atomic E-state index is 14.0. The summed E-state index contributed by atoms with van der Waals surface area (Å²) in [6.45, 7) is 1.18. The monoisotopic (exact) mass is 441 g/mol. The molecule has 7 heteroatoms. The molecule has 0 radical (unpaired) electrons. The Bertz CT molecular complexity index is 1010. The number of fused-ring (bicyclic) bond motifs is 1. The number of likely N-dealkylation sites (N-methyl/N-ethyl adjacent to an activating group) is 1. The minimum atomic E-state index is -1.82. The zero-order valence-electron chi connectivity index (χ0n) is 18.1. The van der Waals surface area contributed by atoms with Gasteiger partial charge in [-0.25, -0.2) is 14.0 Å². The number of carboxylic acid groups (broad SMARTS) is 2. The number of halogens is 1. The van der Waals surface area contributed by atoms with Crippen molar-refractivity contribution in [3.05, 3.63) is 59.4 Å². The molecule has 2 aromatic carbocycles. The summed E-state index contributed by atoms with van der Waals surface area (Å²) in [7, 11) is 2.30. The summed E-state index contributed by atoms with van der Waals surface area (Å²) < 4.78 is 19.9. The van der Waals surface area contributed by atoms with Crippen molar-refractivity contribution in [3.63, 3.8) is 0 Å². The molecular formula is C25H28FNO5. The predicted molar refractivity (Wildman–Crippen MR) is 117 cm³/mol. The number of carbonyl (C=O) groups is 2. The Kier molecular flexibility index (Phi) is 6.20. The first kappa shape index (κ1) is 22.3. The maximum absolute atomic E-state index is 14.0. The summed E-state index contributed by atoms with van der Waals surface area (Å²) in [5, 5.41) is 14.8. The molecule has 0 spiro atoms. The minimum Gasteiger partial charge on any atom is -0.473 e. The van der Waals surface area contributed by atoms with E-state index in [1.807, 2.05) is 12.1 Å². The normalized spacial score (nSPS) is 26.1. The van der Waals surface area contributed by atoms with E-state index in [0.717, 1.165) is 18.1 Å². The Balaban J connectivity index is 0.000000363. The molecule has 3 atom stereocenters. The second-order valence-corrected chi connectivity index (χ2v) is 8.97. The van der Waals surface area contributed by atoms with E-state index in [2.05, 4.69) is 24.1 Å². The first-order chi connectivity index (χ1) is 15.3. The molecule has 5 rings (SSSR count). The topological polar surface area (TPSA) is 87.1 Å². The molecule has 3 aliphatic rings.